The number of amides is 1. The molecule has 0 saturated carbocycles. The first-order valence-electron chi connectivity index (χ1n) is 7.92. The van der Waals surface area contributed by atoms with Crippen LogP contribution in [0.3, 0.4) is 0 Å². The quantitative estimate of drug-likeness (QED) is 0.719. The molecule has 0 aliphatic carbocycles. The van der Waals surface area contributed by atoms with Gasteiger partial charge in [-0.1, -0.05) is 11.6 Å². The maximum atomic E-state index is 13.3. The minimum absolute atomic E-state index is 0.0588. The van der Waals surface area contributed by atoms with Gasteiger partial charge in [0.15, 0.2) is 5.82 Å². The fourth-order valence-electron chi connectivity index (χ4n) is 3.19. The van der Waals surface area contributed by atoms with Gasteiger partial charge in [0.2, 0.25) is 5.91 Å². The lowest BCUT2D eigenvalue weighted by molar-refractivity contribution is -0.118. The monoisotopic (exact) mass is 372 g/mol. The molecule has 4 rings (SSSR count). The molecule has 0 fully saturated rings. The molecule has 2 unspecified atom stereocenters. The predicted octanol–water partition coefficient (Wildman–Crippen LogP) is 4.29. The number of benzene rings is 1. The Bertz CT molecular complexity index is 997. The van der Waals surface area contributed by atoms with E-state index in [1.807, 2.05) is 6.07 Å². The highest BCUT2D eigenvalue weighted by Crippen LogP contribution is 2.41. The van der Waals surface area contributed by atoms with Gasteiger partial charge in [-0.25, -0.2) is 9.38 Å². The number of carbonyl (C=O) groups is 1. The molecule has 1 aliphatic rings. The molecule has 0 bridgehead atoms. The number of nitrogens with one attached hydrogen (secondary N) is 2. The lowest BCUT2D eigenvalue weighted by atomic mass is 9.80. The van der Waals surface area contributed by atoms with Gasteiger partial charge in [-0.15, -0.1) is 0 Å². The van der Waals surface area contributed by atoms with Crippen molar-refractivity contribution in [3.05, 3.63) is 65.0 Å². The number of anilines is 1. The topological polar surface area (TPSA) is 83.3 Å². The minimum atomic E-state index is -0.602. The number of H-pyrrole nitrogens is 1. The largest absolute Gasteiger partial charge is 0.469 e. The van der Waals surface area contributed by atoms with Crippen molar-refractivity contribution >= 4 is 34.7 Å². The van der Waals surface area contributed by atoms with E-state index in [2.05, 4.69) is 20.5 Å². The smallest absolute Gasteiger partial charge is 0.234 e. The van der Waals surface area contributed by atoms with E-state index in [0.29, 0.717) is 23.0 Å². The third-order valence-electron chi connectivity index (χ3n) is 4.37. The van der Waals surface area contributed by atoms with Crippen LogP contribution < -0.4 is 5.32 Å². The Hall–Kier alpha value is -2.93. The van der Waals surface area contributed by atoms with E-state index in [4.69, 9.17) is 16.0 Å². The second kappa shape index (κ2) is 6.42. The number of hydrogen-bond acceptors (Lipinski definition) is 4. The maximum absolute atomic E-state index is 13.3. The normalized spacial score (nSPS) is 19.0. The average Bonchev–Trinajstić information content (AvgIpc) is 3.28. The van der Waals surface area contributed by atoms with Crippen molar-refractivity contribution in [2.45, 2.75) is 12.8 Å². The third-order valence-corrected chi connectivity index (χ3v) is 4.66. The van der Waals surface area contributed by atoms with E-state index in [1.54, 1.807) is 25.5 Å². The van der Waals surface area contributed by atoms with Crippen molar-refractivity contribution in [3.8, 4) is 0 Å². The van der Waals surface area contributed by atoms with Gasteiger partial charge in [-0.05, 0) is 37.3 Å². The zero-order valence-corrected chi connectivity index (χ0v) is 14.4. The summed E-state index contributed by atoms with van der Waals surface area (Å²) in [5.74, 6) is -0.557. The molecule has 6 nitrogen and oxygen atoms in total. The van der Waals surface area contributed by atoms with Gasteiger partial charge < -0.3 is 9.73 Å². The molecule has 1 aromatic carbocycles. The van der Waals surface area contributed by atoms with Gasteiger partial charge in [0.1, 0.15) is 11.6 Å². The first kappa shape index (κ1) is 16.5. The Morgan fingerprint density at radius 1 is 1.38 bits per heavy atom. The van der Waals surface area contributed by atoms with Crippen LogP contribution >= 0.6 is 11.6 Å². The maximum Gasteiger partial charge on any atom is 0.234 e. The lowest BCUT2D eigenvalue weighted by Crippen LogP contribution is -2.35. The fraction of sp³-hybridized carbons (Fsp3) is 0.167. The molecule has 2 N–H and O–H groups in total. The van der Waals surface area contributed by atoms with E-state index in [0.717, 1.165) is 5.56 Å². The Morgan fingerprint density at radius 3 is 2.96 bits per heavy atom. The number of fused-ring (bicyclic) bond motifs is 1. The second-order valence-corrected chi connectivity index (χ2v) is 6.42. The summed E-state index contributed by atoms with van der Waals surface area (Å²) in [6.07, 6.45) is 3.21. The van der Waals surface area contributed by atoms with E-state index >= 15 is 0 Å². The van der Waals surface area contributed by atoms with Gasteiger partial charge in [0.25, 0.3) is 0 Å². The van der Waals surface area contributed by atoms with E-state index in [-0.39, 0.29) is 16.8 Å². The average molecular weight is 373 g/mol. The van der Waals surface area contributed by atoms with Crippen LogP contribution in [0.4, 0.5) is 15.9 Å². The molecule has 0 spiro atoms. The molecule has 26 heavy (non-hydrogen) atoms. The first-order valence-corrected chi connectivity index (χ1v) is 8.30. The summed E-state index contributed by atoms with van der Waals surface area (Å²) in [6.45, 7) is 1.78. The number of nitrogens with zero attached hydrogens (tertiary/aromatic N) is 2. The number of aliphatic imine (C=N–C) groups is 1. The van der Waals surface area contributed by atoms with Crippen molar-refractivity contribution in [2.24, 2.45) is 10.9 Å². The predicted molar refractivity (Wildman–Crippen MR) is 95.4 cm³/mol. The van der Waals surface area contributed by atoms with Crippen molar-refractivity contribution in [2.75, 3.05) is 5.32 Å². The number of aromatic nitrogens is 2. The number of halogens is 2. The summed E-state index contributed by atoms with van der Waals surface area (Å²) in [7, 11) is 0. The molecule has 1 amide bonds. The Morgan fingerprint density at radius 2 is 2.23 bits per heavy atom. The number of aromatic amines is 1. The van der Waals surface area contributed by atoms with Gasteiger partial charge >= 0.3 is 0 Å². The van der Waals surface area contributed by atoms with Gasteiger partial charge in [0, 0.05) is 17.0 Å². The van der Waals surface area contributed by atoms with Crippen LogP contribution in [0.5, 0.6) is 0 Å². The molecule has 2 aromatic heterocycles. The highest BCUT2D eigenvalue weighted by Gasteiger charge is 2.40. The van der Waals surface area contributed by atoms with Crippen LogP contribution in [0.2, 0.25) is 5.02 Å². The zero-order chi connectivity index (χ0) is 18.3. The van der Waals surface area contributed by atoms with E-state index in [9.17, 15) is 9.18 Å². The Balaban J connectivity index is 1.71. The summed E-state index contributed by atoms with van der Waals surface area (Å²) in [5, 5.41) is 9.59. The van der Waals surface area contributed by atoms with Crippen LogP contribution in [0, 0.1) is 11.7 Å². The molecular formula is C18H14ClFN4O2. The molecule has 3 aromatic rings. The molecule has 1 aliphatic heterocycles. The molecule has 2 atom stereocenters. The lowest BCUT2D eigenvalue weighted by Gasteiger charge is -2.28. The van der Waals surface area contributed by atoms with Crippen LogP contribution in [-0.2, 0) is 4.79 Å². The number of hydrogen-bond donors (Lipinski definition) is 2. The summed E-state index contributed by atoms with van der Waals surface area (Å²) in [4.78, 5) is 17.5. The third kappa shape index (κ3) is 2.80. The molecular weight excluding hydrogens is 359 g/mol. The number of rotatable bonds is 3. The summed E-state index contributed by atoms with van der Waals surface area (Å²) in [5.41, 5.74) is 1.81. The summed E-state index contributed by atoms with van der Waals surface area (Å²) < 4.78 is 18.9. The number of furan rings is 1. The van der Waals surface area contributed by atoms with Gasteiger partial charge in [-0.3, -0.25) is 9.89 Å². The second-order valence-electron chi connectivity index (χ2n) is 6.02. The van der Waals surface area contributed by atoms with Crippen LogP contribution in [0.1, 0.15) is 24.2 Å². The highest BCUT2D eigenvalue weighted by atomic mass is 35.5. The molecule has 8 heteroatoms. The summed E-state index contributed by atoms with van der Waals surface area (Å²) >= 11 is 5.80. The fourth-order valence-corrected chi connectivity index (χ4v) is 3.37. The Kier molecular flexibility index (Phi) is 4.08. The van der Waals surface area contributed by atoms with E-state index in [1.165, 1.54) is 18.2 Å². The number of carbonyl (C=O) groups excluding carboxylic acids is 1. The van der Waals surface area contributed by atoms with Gasteiger partial charge in [0.05, 0.1) is 29.3 Å². The Labute approximate surface area is 153 Å². The molecule has 0 saturated heterocycles. The minimum Gasteiger partial charge on any atom is -0.469 e. The van der Waals surface area contributed by atoms with Crippen molar-refractivity contribution in [1.82, 2.24) is 10.2 Å². The standard InChI is InChI=1S/C18H14ClFN4O2/c1-9-15(18(25)23-10-4-5-13(20)12(19)7-10)16(14-3-2-6-26-14)11-8-21-24-17(11)22-9/h2-8,15-16H,1H3,(H,21,24)(H,23,25). The van der Waals surface area contributed by atoms with Crippen LogP contribution in [0.25, 0.3) is 0 Å². The SMILES string of the molecule is CC1=Nc2[nH]ncc2C(c2ccco2)C1C(=O)Nc1ccc(F)c(Cl)c1. The van der Waals surface area contributed by atoms with Crippen molar-refractivity contribution in [1.29, 1.82) is 0 Å². The summed E-state index contributed by atoms with van der Waals surface area (Å²) in [6, 6.07) is 7.62. The van der Waals surface area contributed by atoms with Gasteiger partial charge in [-0.2, -0.15) is 5.10 Å². The highest BCUT2D eigenvalue weighted by molar-refractivity contribution is 6.31. The zero-order valence-electron chi connectivity index (χ0n) is 13.7. The van der Waals surface area contributed by atoms with Crippen LogP contribution in [-0.4, -0.2) is 21.8 Å². The van der Waals surface area contributed by atoms with E-state index < -0.39 is 11.7 Å². The van der Waals surface area contributed by atoms with Crippen molar-refractivity contribution < 1.29 is 13.6 Å². The van der Waals surface area contributed by atoms with Crippen molar-refractivity contribution in [3.63, 3.8) is 0 Å². The van der Waals surface area contributed by atoms with Crippen LogP contribution in [0.15, 0.2) is 52.2 Å². The molecule has 132 valence electrons. The first-order chi connectivity index (χ1) is 12.5. The molecule has 0 radical (unpaired) electrons. The molecule has 3 heterocycles.